The third kappa shape index (κ3) is 6.95. The average molecular weight is 428 g/mol. The Morgan fingerprint density at radius 3 is 2.07 bits per heavy atom. The van der Waals surface area contributed by atoms with Crippen molar-refractivity contribution in [2.75, 3.05) is 6.61 Å². The van der Waals surface area contributed by atoms with Crippen molar-refractivity contribution in [2.45, 2.75) is 44.8 Å². The molecule has 0 bridgehead atoms. The van der Waals surface area contributed by atoms with Crippen LogP contribution in [0, 0.1) is 0 Å². The van der Waals surface area contributed by atoms with Crippen LogP contribution < -0.4 is 5.32 Å². The Hall–Kier alpha value is -2.79. The molecule has 0 aliphatic heterocycles. The first kappa shape index (κ1) is 24.2. The fourth-order valence-electron chi connectivity index (χ4n) is 2.31. The van der Waals surface area contributed by atoms with Crippen LogP contribution in [0.5, 0.6) is 0 Å². The van der Waals surface area contributed by atoms with E-state index in [1.807, 2.05) is 0 Å². The Balaban J connectivity index is 3.29. The number of nitrogens with zero attached hydrogens (tertiary/aromatic N) is 1. The van der Waals surface area contributed by atoms with Crippen LogP contribution in [0.15, 0.2) is 30.3 Å². The van der Waals surface area contributed by atoms with Gasteiger partial charge in [0, 0.05) is 6.54 Å². The molecule has 29 heavy (non-hydrogen) atoms. The fourth-order valence-corrected chi connectivity index (χ4v) is 2.31. The molecule has 0 aliphatic rings. The van der Waals surface area contributed by atoms with E-state index in [9.17, 15) is 40.7 Å². The topological polar surface area (TPSA) is 75.7 Å². The van der Waals surface area contributed by atoms with E-state index in [0.29, 0.717) is 0 Å². The van der Waals surface area contributed by atoms with Gasteiger partial charge in [0.1, 0.15) is 6.04 Å². The molecule has 2 amide bonds. The Bertz CT molecular complexity index is 721. The predicted octanol–water partition coefficient (Wildman–Crippen LogP) is 2.58. The first-order chi connectivity index (χ1) is 13.3. The van der Waals surface area contributed by atoms with Gasteiger partial charge in [-0.1, -0.05) is 30.3 Å². The standard InChI is InChI=1S/C17H18F6N2O4/c1-3-29-14(27)10(2)24-13(26)12(16(18,19)20)25(15(28)17(21,22)23)9-11-7-5-4-6-8-11/h4-8,10,12H,3,9H2,1-2H3,(H,24,26). The number of hydrogen-bond donors (Lipinski definition) is 1. The highest BCUT2D eigenvalue weighted by Gasteiger charge is 2.55. The van der Waals surface area contributed by atoms with Crippen molar-refractivity contribution in [3.05, 3.63) is 35.9 Å². The maximum Gasteiger partial charge on any atom is 0.471 e. The highest BCUT2D eigenvalue weighted by molar-refractivity contribution is 5.92. The van der Waals surface area contributed by atoms with Crippen LogP contribution in [0.1, 0.15) is 19.4 Å². The minimum atomic E-state index is -5.66. The molecular weight excluding hydrogens is 410 g/mol. The van der Waals surface area contributed by atoms with Crippen molar-refractivity contribution in [3.8, 4) is 0 Å². The number of nitrogens with one attached hydrogen (secondary N) is 1. The number of amides is 2. The molecule has 1 rings (SSSR count). The van der Waals surface area contributed by atoms with Gasteiger partial charge in [-0.05, 0) is 19.4 Å². The van der Waals surface area contributed by atoms with Crippen molar-refractivity contribution < 1.29 is 45.5 Å². The molecule has 1 N–H and O–H groups in total. The molecule has 2 unspecified atom stereocenters. The Morgan fingerprint density at radius 1 is 1.07 bits per heavy atom. The minimum Gasteiger partial charge on any atom is -0.464 e. The Morgan fingerprint density at radius 2 is 1.62 bits per heavy atom. The summed E-state index contributed by atoms with van der Waals surface area (Å²) in [7, 11) is 0. The number of esters is 1. The lowest BCUT2D eigenvalue weighted by Crippen LogP contribution is -2.60. The molecule has 0 fully saturated rings. The molecule has 0 spiro atoms. The van der Waals surface area contributed by atoms with Crippen LogP contribution in [0.25, 0.3) is 0 Å². The third-order valence-corrected chi connectivity index (χ3v) is 3.57. The monoisotopic (exact) mass is 428 g/mol. The molecule has 0 heterocycles. The number of rotatable bonds is 7. The van der Waals surface area contributed by atoms with E-state index >= 15 is 0 Å². The lowest BCUT2D eigenvalue weighted by molar-refractivity contribution is -0.215. The molecule has 0 radical (unpaired) electrons. The summed E-state index contributed by atoms with van der Waals surface area (Å²) < 4.78 is 84.0. The summed E-state index contributed by atoms with van der Waals surface area (Å²) in [4.78, 5) is 34.8. The number of hydrogen-bond acceptors (Lipinski definition) is 4. The largest absolute Gasteiger partial charge is 0.471 e. The maximum absolute atomic E-state index is 13.5. The van der Waals surface area contributed by atoms with E-state index in [2.05, 4.69) is 4.74 Å². The van der Waals surface area contributed by atoms with Gasteiger partial charge in [-0.25, -0.2) is 4.79 Å². The van der Waals surface area contributed by atoms with Gasteiger partial charge in [-0.2, -0.15) is 26.3 Å². The third-order valence-electron chi connectivity index (χ3n) is 3.57. The second kappa shape index (κ2) is 9.61. The summed E-state index contributed by atoms with van der Waals surface area (Å²) in [5, 5.41) is 1.65. The molecule has 0 saturated carbocycles. The summed E-state index contributed by atoms with van der Waals surface area (Å²) in [5.41, 5.74) is -0.0643. The molecule has 12 heteroatoms. The molecular formula is C17H18F6N2O4. The van der Waals surface area contributed by atoms with Gasteiger partial charge < -0.3 is 15.0 Å². The van der Waals surface area contributed by atoms with E-state index in [0.717, 1.165) is 6.92 Å². The van der Waals surface area contributed by atoms with Crippen LogP contribution in [-0.2, 0) is 25.7 Å². The van der Waals surface area contributed by atoms with Crippen molar-refractivity contribution in [3.63, 3.8) is 0 Å². The first-order valence-corrected chi connectivity index (χ1v) is 8.24. The lowest BCUT2D eigenvalue weighted by atomic mass is 10.1. The predicted molar refractivity (Wildman–Crippen MR) is 87.1 cm³/mol. The summed E-state index contributed by atoms with van der Waals surface area (Å²) in [6, 6.07) is 1.50. The number of alkyl halides is 6. The van der Waals surface area contributed by atoms with Gasteiger partial charge in [0.15, 0.2) is 0 Å². The number of benzene rings is 1. The van der Waals surface area contributed by atoms with Crippen molar-refractivity contribution in [1.29, 1.82) is 0 Å². The SMILES string of the molecule is CCOC(=O)C(C)NC(=O)C(N(Cc1ccccc1)C(=O)C(F)(F)F)C(F)(F)F. The molecule has 0 saturated heterocycles. The van der Waals surface area contributed by atoms with Gasteiger partial charge in [0.2, 0.25) is 6.04 Å². The number of halogens is 6. The zero-order valence-corrected chi connectivity index (χ0v) is 15.3. The second-order valence-electron chi connectivity index (χ2n) is 5.84. The molecule has 162 valence electrons. The molecule has 1 aromatic rings. The van der Waals surface area contributed by atoms with Crippen LogP contribution >= 0.6 is 0 Å². The molecule has 0 aromatic heterocycles. The van der Waals surface area contributed by atoms with Gasteiger partial charge >= 0.3 is 24.2 Å². The van der Waals surface area contributed by atoms with Crippen LogP contribution in [0.3, 0.4) is 0 Å². The van der Waals surface area contributed by atoms with E-state index in [-0.39, 0.29) is 12.2 Å². The smallest absolute Gasteiger partial charge is 0.464 e. The quantitative estimate of drug-likeness (QED) is 0.535. The minimum absolute atomic E-state index is 0.0643. The van der Waals surface area contributed by atoms with E-state index in [4.69, 9.17) is 0 Å². The fraction of sp³-hybridized carbons (Fsp3) is 0.471. The zero-order chi connectivity index (χ0) is 22.4. The van der Waals surface area contributed by atoms with Crippen LogP contribution in [-0.4, -0.2) is 53.7 Å². The average Bonchev–Trinajstić information content (AvgIpc) is 2.59. The summed E-state index contributed by atoms with van der Waals surface area (Å²) >= 11 is 0. The maximum atomic E-state index is 13.5. The molecule has 0 aliphatic carbocycles. The summed E-state index contributed by atoms with van der Waals surface area (Å²) in [6.45, 7) is 1.14. The molecule has 1 aromatic carbocycles. The number of carbonyl (C=O) groups is 3. The van der Waals surface area contributed by atoms with Gasteiger partial charge in [0.05, 0.1) is 6.61 Å². The van der Waals surface area contributed by atoms with Crippen molar-refractivity contribution in [1.82, 2.24) is 10.2 Å². The molecule has 2 atom stereocenters. The normalized spacial score (nSPS) is 13.9. The second-order valence-corrected chi connectivity index (χ2v) is 5.84. The molecule has 6 nitrogen and oxygen atoms in total. The van der Waals surface area contributed by atoms with Crippen LogP contribution in [0.4, 0.5) is 26.3 Å². The van der Waals surface area contributed by atoms with Crippen molar-refractivity contribution in [2.24, 2.45) is 0 Å². The Labute approximate surface area is 161 Å². The van der Waals surface area contributed by atoms with E-state index in [1.165, 1.54) is 37.3 Å². The van der Waals surface area contributed by atoms with Gasteiger partial charge in [-0.3, -0.25) is 9.59 Å². The number of ether oxygens (including phenoxy) is 1. The summed E-state index contributed by atoms with van der Waals surface area (Å²) in [6.07, 6.45) is -11.2. The van der Waals surface area contributed by atoms with E-state index in [1.54, 1.807) is 5.32 Å². The highest BCUT2D eigenvalue weighted by Crippen LogP contribution is 2.30. The first-order valence-electron chi connectivity index (χ1n) is 8.24. The summed E-state index contributed by atoms with van der Waals surface area (Å²) in [5.74, 6) is -5.92. The van der Waals surface area contributed by atoms with E-state index < -0.39 is 53.7 Å². The van der Waals surface area contributed by atoms with Crippen LogP contribution in [0.2, 0.25) is 0 Å². The van der Waals surface area contributed by atoms with Gasteiger partial charge in [0.25, 0.3) is 5.91 Å². The highest BCUT2D eigenvalue weighted by atomic mass is 19.4. The number of carbonyl (C=O) groups excluding carboxylic acids is 3. The lowest BCUT2D eigenvalue weighted by Gasteiger charge is -2.33. The zero-order valence-electron chi connectivity index (χ0n) is 15.3. The van der Waals surface area contributed by atoms with Crippen molar-refractivity contribution >= 4 is 17.8 Å². The van der Waals surface area contributed by atoms with Gasteiger partial charge in [-0.15, -0.1) is 0 Å². The Kier molecular flexibility index (Phi) is 8.04.